The highest BCUT2D eigenvalue weighted by Crippen LogP contribution is 2.09. The molecule has 8 nitrogen and oxygen atoms in total. The van der Waals surface area contributed by atoms with E-state index in [1.807, 2.05) is 19.1 Å². The Hall–Kier alpha value is -2.64. The van der Waals surface area contributed by atoms with Gasteiger partial charge in [0.2, 0.25) is 5.91 Å². The molecule has 0 atom stereocenters. The van der Waals surface area contributed by atoms with E-state index in [9.17, 15) is 9.59 Å². The van der Waals surface area contributed by atoms with Crippen LogP contribution in [-0.2, 0) is 29.1 Å². The number of carboxylic acid groups (broad SMARTS) is 1. The summed E-state index contributed by atoms with van der Waals surface area (Å²) in [6.45, 7) is 2.21. The van der Waals surface area contributed by atoms with Gasteiger partial charge in [0.25, 0.3) is 0 Å². The number of aliphatic carboxylic acids is 1. The molecular weight excluding hydrogens is 276 g/mol. The summed E-state index contributed by atoms with van der Waals surface area (Å²) in [5.74, 6) is 0.337. The summed E-state index contributed by atoms with van der Waals surface area (Å²) in [4.78, 5) is 24.1. The second-order valence-corrected chi connectivity index (χ2v) is 4.74. The number of aromatic nitrogens is 3. The van der Waals surface area contributed by atoms with Gasteiger partial charge in [-0.1, -0.05) is 5.21 Å². The van der Waals surface area contributed by atoms with Gasteiger partial charge >= 0.3 is 5.97 Å². The van der Waals surface area contributed by atoms with Crippen molar-refractivity contribution in [2.45, 2.75) is 26.4 Å². The summed E-state index contributed by atoms with van der Waals surface area (Å²) in [6.07, 6.45) is 1.24. The van der Waals surface area contributed by atoms with Crippen LogP contribution in [-0.4, -0.2) is 43.9 Å². The van der Waals surface area contributed by atoms with Crippen LogP contribution >= 0.6 is 0 Å². The fourth-order valence-electron chi connectivity index (χ4n) is 1.80. The van der Waals surface area contributed by atoms with Gasteiger partial charge in [-0.05, 0) is 19.1 Å². The van der Waals surface area contributed by atoms with Gasteiger partial charge in [0, 0.05) is 13.2 Å². The fourth-order valence-corrected chi connectivity index (χ4v) is 1.80. The Bertz CT molecular complexity index is 646. The zero-order valence-corrected chi connectivity index (χ0v) is 11.8. The van der Waals surface area contributed by atoms with E-state index in [0.717, 1.165) is 5.76 Å². The molecule has 0 aliphatic rings. The van der Waals surface area contributed by atoms with E-state index in [1.165, 1.54) is 15.8 Å². The summed E-state index contributed by atoms with van der Waals surface area (Å²) in [7, 11) is 1.66. The zero-order valence-electron chi connectivity index (χ0n) is 11.8. The van der Waals surface area contributed by atoms with Gasteiger partial charge in [0.05, 0.1) is 18.7 Å². The van der Waals surface area contributed by atoms with Crippen LogP contribution in [0.1, 0.15) is 17.2 Å². The molecule has 2 heterocycles. The molecule has 8 heteroatoms. The first-order valence-electron chi connectivity index (χ1n) is 6.34. The number of carboxylic acids is 1. The Morgan fingerprint density at radius 3 is 2.81 bits per heavy atom. The number of nitrogens with zero attached hydrogens (tertiary/aromatic N) is 4. The Kier molecular flexibility index (Phi) is 4.36. The first-order chi connectivity index (χ1) is 9.94. The van der Waals surface area contributed by atoms with Crippen molar-refractivity contribution in [2.75, 3.05) is 7.05 Å². The number of amides is 1. The lowest BCUT2D eigenvalue weighted by Crippen LogP contribution is -2.29. The monoisotopic (exact) mass is 292 g/mol. The molecule has 0 unspecified atom stereocenters. The first kappa shape index (κ1) is 14.8. The van der Waals surface area contributed by atoms with Gasteiger partial charge in [0.1, 0.15) is 18.1 Å². The molecule has 0 radical (unpaired) electrons. The Labute approximate surface area is 121 Å². The summed E-state index contributed by atoms with van der Waals surface area (Å²) in [6, 6.07) is 3.66. The lowest BCUT2D eigenvalue weighted by atomic mass is 10.3. The highest BCUT2D eigenvalue weighted by Gasteiger charge is 2.13. The number of hydrogen-bond acceptors (Lipinski definition) is 5. The molecule has 1 N–H and O–H groups in total. The molecule has 2 aromatic heterocycles. The van der Waals surface area contributed by atoms with Crippen molar-refractivity contribution in [1.82, 2.24) is 19.9 Å². The molecule has 0 saturated heterocycles. The van der Waals surface area contributed by atoms with Gasteiger partial charge < -0.3 is 14.4 Å². The lowest BCUT2D eigenvalue weighted by Gasteiger charge is -2.15. The van der Waals surface area contributed by atoms with Crippen LogP contribution in [0.4, 0.5) is 0 Å². The molecule has 21 heavy (non-hydrogen) atoms. The van der Waals surface area contributed by atoms with E-state index < -0.39 is 5.97 Å². The van der Waals surface area contributed by atoms with Crippen LogP contribution in [0.2, 0.25) is 0 Å². The number of furan rings is 1. The minimum absolute atomic E-state index is 0.00279. The summed E-state index contributed by atoms with van der Waals surface area (Å²) in [5, 5.41) is 16.1. The SMILES string of the molecule is Cc1ccc(CN(C)C(=O)Cn2cc(CC(=O)O)nn2)o1. The average molecular weight is 292 g/mol. The molecule has 2 rings (SSSR count). The maximum Gasteiger partial charge on any atom is 0.309 e. The van der Waals surface area contributed by atoms with Crippen molar-refractivity contribution in [3.8, 4) is 0 Å². The van der Waals surface area contributed by atoms with Crippen molar-refractivity contribution in [3.63, 3.8) is 0 Å². The number of rotatable bonds is 6. The molecular formula is C13H16N4O4. The van der Waals surface area contributed by atoms with Crippen molar-refractivity contribution in [1.29, 1.82) is 0 Å². The third kappa shape index (κ3) is 4.16. The smallest absolute Gasteiger partial charge is 0.309 e. The van der Waals surface area contributed by atoms with Crippen LogP contribution in [0.15, 0.2) is 22.7 Å². The Balaban J connectivity index is 1.91. The van der Waals surface area contributed by atoms with Crippen LogP contribution in [0.3, 0.4) is 0 Å². The number of carbonyl (C=O) groups is 2. The fraction of sp³-hybridized carbons (Fsp3) is 0.385. The van der Waals surface area contributed by atoms with Crippen LogP contribution in [0, 0.1) is 6.92 Å². The van der Waals surface area contributed by atoms with Crippen molar-refractivity contribution >= 4 is 11.9 Å². The van der Waals surface area contributed by atoms with E-state index in [4.69, 9.17) is 9.52 Å². The van der Waals surface area contributed by atoms with Gasteiger partial charge in [-0.15, -0.1) is 5.10 Å². The maximum atomic E-state index is 12.0. The van der Waals surface area contributed by atoms with E-state index in [-0.39, 0.29) is 18.9 Å². The van der Waals surface area contributed by atoms with Crippen LogP contribution < -0.4 is 0 Å². The normalized spacial score (nSPS) is 10.6. The highest BCUT2D eigenvalue weighted by molar-refractivity contribution is 5.75. The number of likely N-dealkylation sites (N-methyl/N-ethyl adjacent to an activating group) is 1. The molecule has 0 aliphatic heterocycles. The molecule has 2 aromatic rings. The molecule has 112 valence electrons. The third-order valence-corrected chi connectivity index (χ3v) is 2.83. The van der Waals surface area contributed by atoms with E-state index in [1.54, 1.807) is 7.05 Å². The van der Waals surface area contributed by atoms with Crippen LogP contribution in [0.5, 0.6) is 0 Å². The number of hydrogen-bond donors (Lipinski definition) is 1. The van der Waals surface area contributed by atoms with Crippen molar-refractivity contribution < 1.29 is 19.1 Å². The van der Waals surface area contributed by atoms with E-state index in [0.29, 0.717) is 18.0 Å². The predicted molar refractivity (Wildman–Crippen MR) is 71.3 cm³/mol. The Morgan fingerprint density at radius 2 is 2.19 bits per heavy atom. The standard InChI is InChI=1S/C13H16N4O4/c1-9-3-4-11(21-9)7-16(2)12(18)8-17-6-10(14-15-17)5-13(19)20/h3-4,6H,5,7-8H2,1-2H3,(H,19,20). The highest BCUT2D eigenvalue weighted by atomic mass is 16.4. The topological polar surface area (TPSA) is 101 Å². The molecule has 0 aliphatic carbocycles. The average Bonchev–Trinajstić information content (AvgIpc) is 2.98. The van der Waals surface area contributed by atoms with Gasteiger partial charge in [0.15, 0.2) is 0 Å². The van der Waals surface area contributed by atoms with E-state index in [2.05, 4.69) is 10.3 Å². The quantitative estimate of drug-likeness (QED) is 0.830. The van der Waals surface area contributed by atoms with Gasteiger partial charge in [-0.3, -0.25) is 9.59 Å². The second kappa shape index (κ2) is 6.21. The number of carbonyl (C=O) groups excluding carboxylic acids is 1. The summed E-state index contributed by atoms with van der Waals surface area (Å²) in [5.41, 5.74) is 0.319. The van der Waals surface area contributed by atoms with Crippen LogP contribution in [0.25, 0.3) is 0 Å². The minimum atomic E-state index is -0.987. The number of aryl methyl sites for hydroxylation is 1. The van der Waals surface area contributed by atoms with Gasteiger partial charge in [-0.2, -0.15) is 0 Å². The molecule has 0 saturated carbocycles. The maximum absolute atomic E-state index is 12.0. The summed E-state index contributed by atoms with van der Waals surface area (Å²) >= 11 is 0. The zero-order chi connectivity index (χ0) is 15.4. The molecule has 1 amide bonds. The van der Waals surface area contributed by atoms with Crippen molar-refractivity contribution in [2.24, 2.45) is 0 Å². The van der Waals surface area contributed by atoms with Gasteiger partial charge in [-0.25, -0.2) is 4.68 Å². The van der Waals surface area contributed by atoms with Crippen molar-refractivity contribution in [3.05, 3.63) is 35.5 Å². The summed E-state index contributed by atoms with van der Waals surface area (Å²) < 4.78 is 6.73. The molecule has 0 bridgehead atoms. The molecule has 0 spiro atoms. The second-order valence-electron chi connectivity index (χ2n) is 4.74. The minimum Gasteiger partial charge on any atom is -0.481 e. The van der Waals surface area contributed by atoms with E-state index >= 15 is 0 Å². The molecule has 0 fully saturated rings. The molecule has 0 aromatic carbocycles. The largest absolute Gasteiger partial charge is 0.481 e. The lowest BCUT2D eigenvalue weighted by molar-refractivity contribution is -0.136. The Morgan fingerprint density at radius 1 is 1.43 bits per heavy atom. The predicted octanol–water partition coefficient (Wildman–Crippen LogP) is 0.465. The first-order valence-corrected chi connectivity index (χ1v) is 6.34. The third-order valence-electron chi connectivity index (χ3n) is 2.83.